The Morgan fingerprint density at radius 1 is 1.14 bits per heavy atom. The highest BCUT2D eigenvalue weighted by Crippen LogP contribution is 2.34. The molecule has 1 aliphatic heterocycles. The van der Waals surface area contributed by atoms with Crippen molar-refractivity contribution in [1.82, 2.24) is 0 Å². The van der Waals surface area contributed by atoms with E-state index in [2.05, 4.69) is 6.07 Å². The Balaban J connectivity index is 1.53. The molecule has 3 aromatic rings. The van der Waals surface area contributed by atoms with Gasteiger partial charge in [0, 0.05) is 12.2 Å². The first-order valence-electron chi connectivity index (χ1n) is 12.8. The van der Waals surface area contributed by atoms with E-state index in [4.69, 9.17) is 14.2 Å². The lowest BCUT2D eigenvalue weighted by Crippen LogP contribution is -2.25. The first-order chi connectivity index (χ1) is 18.0. The van der Waals surface area contributed by atoms with E-state index in [0.717, 1.165) is 42.4 Å². The SMILES string of the molecule is CCCc1c(OCc2ccc([C@H](OC3CCCCO3)c3cccc(C#N)c3)cc2)ccc(C(C)=O)c1O. The second-order valence-corrected chi connectivity index (χ2v) is 9.32. The predicted molar refractivity (Wildman–Crippen MR) is 141 cm³/mol. The first kappa shape index (κ1) is 26.4. The van der Waals surface area contributed by atoms with Crippen molar-refractivity contribution in [2.75, 3.05) is 6.61 Å². The highest BCUT2D eigenvalue weighted by atomic mass is 16.7. The third-order valence-corrected chi connectivity index (χ3v) is 6.54. The lowest BCUT2D eigenvalue weighted by molar-refractivity contribution is -0.181. The number of phenolic OH excluding ortho intramolecular Hbond substituents is 1. The van der Waals surface area contributed by atoms with Crippen LogP contribution in [0.2, 0.25) is 0 Å². The van der Waals surface area contributed by atoms with Gasteiger partial charge < -0.3 is 19.3 Å². The molecule has 1 N–H and O–H groups in total. The van der Waals surface area contributed by atoms with Crippen molar-refractivity contribution in [1.29, 1.82) is 5.26 Å². The summed E-state index contributed by atoms with van der Waals surface area (Å²) in [6.07, 6.45) is 3.74. The largest absolute Gasteiger partial charge is 0.507 e. The van der Waals surface area contributed by atoms with Crippen LogP contribution in [0.3, 0.4) is 0 Å². The number of rotatable bonds is 10. The van der Waals surface area contributed by atoms with Gasteiger partial charge in [0.05, 0.1) is 17.2 Å². The van der Waals surface area contributed by atoms with Crippen molar-refractivity contribution >= 4 is 5.78 Å². The molecule has 1 unspecified atom stereocenters. The van der Waals surface area contributed by atoms with E-state index in [9.17, 15) is 15.2 Å². The Morgan fingerprint density at radius 3 is 2.62 bits per heavy atom. The minimum absolute atomic E-state index is 0.00622. The van der Waals surface area contributed by atoms with E-state index in [1.165, 1.54) is 6.92 Å². The normalized spacial score (nSPS) is 16.1. The predicted octanol–water partition coefficient (Wildman–Crippen LogP) is 6.63. The average molecular weight is 500 g/mol. The number of carbonyl (C=O) groups is 1. The molecule has 2 atom stereocenters. The number of ether oxygens (including phenoxy) is 3. The fourth-order valence-electron chi connectivity index (χ4n) is 4.57. The third kappa shape index (κ3) is 6.56. The molecule has 4 rings (SSSR count). The maximum absolute atomic E-state index is 11.8. The molecule has 0 saturated carbocycles. The van der Waals surface area contributed by atoms with E-state index in [0.29, 0.717) is 42.1 Å². The highest BCUT2D eigenvalue weighted by molar-refractivity contribution is 5.97. The Morgan fingerprint density at radius 2 is 1.95 bits per heavy atom. The molecule has 1 saturated heterocycles. The van der Waals surface area contributed by atoms with Crippen LogP contribution >= 0.6 is 0 Å². The summed E-state index contributed by atoms with van der Waals surface area (Å²) < 4.78 is 18.3. The number of hydrogen-bond acceptors (Lipinski definition) is 6. The Kier molecular flexibility index (Phi) is 8.95. The molecule has 6 nitrogen and oxygen atoms in total. The van der Waals surface area contributed by atoms with Crippen LogP contribution < -0.4 is 4.74 Å². The summed E-state index contributed by atoms with van der Waals surface area (Å²) in [6.45, 7) is 4.47. The van der Waals surface area contributed by atoms with Crippen molar-refractivity contribution in [3.05, 3.63) is 94.0 Å². The maximum Gasteiger partial charge on any atom is 0.163 e. The van der Waals surface area contributed by atoms with Gasteiger partial charge >= 0.3 is 0 Å². The fourth-order valence-corrected chi connectivity index (χ4v) is 4.57. The topological polar surface area (TPSA) is 88.8 Å². The van der Waals surface area contributed by atoms with Crippen molar-refractivity contribution in [2.24, 2.45) is 0 Å². The van der Waals surface area contributed by atoms with Crippen molar-refractivity contribution in [3.63, 3.8) is 0 Å². The molecule has 0 amide bonds. The van der Waals surface area contributed by atoms with E-state index in [-0.39, 0.29) is 23.9 Å². The molecule has 1 heterocycles. The summed E-state index contributed by atoms with van der Waals surface area (Å²) in [5.74, 6) is 0.414. The van der Waals surface area contributed by atoms with Crippen LogP contribution in [-0.4, -0.2) is 23.8 Å². The fraction of sp³-hybridized carbons (Fsp3) is 0.355. The van der Waals surface area contributed by atoms with Crippen LogP contribution in [0.5, 0.6) is 11.5 Å². The van der Waals surface area contributed by atoms with Gasteiger partial charge in [-0.15, -0.1) is 0 Å². The van der Waals surface area contributed by atoms with Crippen LogP contribution in [0.15, 0.2) is 60.7 Å². The van der Waals surface area contributed by atoms with Crippen molar-refractivity contribution in [2.45, 2.75) is 65.0 Å². The second-order valence-electron chi connectivity index (χ2n) is 9.32. The van der Waals surface area contributed by atoms with Gasteiger partial charge in [-0.2, -0.15) is 5.26 Å². The molecule has 192 valence electrons. The zero-order valence-corrected chi connectivity index (χ0v) is 21.4. The minimum Gasteiger partial charge on any atom is -0.507 e. The Labute approximate surface area is 218 Å². The zero-order valence-electron chi connectivity index (χ0n) is 21.4. The molecule has 1 aliphatic rings. The molecule has 0 spiro atoms. The van der Waals surface area contributed by atoms with Gasteiger partial charge in [0.15, 0.2) is 12.1 Å². The van der Waals surface area contributed by atoms with Crippen LogP contribution in [0.25, 0.3) is 0 Å². The Bertz CT molecular complexity index is 1260. The summed E-state index contributed by atoms with van der Waals surface area (Å²) in [6, 6.07) is 21.1. The second kappa shape index (κ2) is 12.5. The number of hydrogen-bond donors (Lipinski definition) is 1. The number of carbonyl (C=O) groups excluding carboxylic acids is 1. The standard InChI is InChI=1S/C31H33NO5/c1-3-7-27-28(16-15-26(21(2)33)30(27)34)36-20-22-11-13-24(14-12-22)31(37-29-10-4-5-17-35-29)25-9-6-8-23(18-25)19-32/h6,8-9,11-16,18,29,31,34H,3-5,7,10,17,20H2,1-2H3/t29?,31-/m0/s1. The number of phenols is 1. The zero-order chi connectivity index (χ0) is 26.2. The summed E-state index contributed by atoms with van der Waals surface area (Å²) in [7, 11) is 0. The molecule has 1 fully saturated rings. The van der Waals surface area contributed by atoms with E-state index in [1.54, 1.807) is 18.2 Å². The smallest absolute Gasteiger partial charge is 0.163 e. The molecule has 6 heteroatoms. The lowest BCUT2D eigenvalue weighted by Gasteiger charge is -2.28. The van der Waals surface area contributed by atoms with E-state index >= 15 is 0 Å². The van der Waals surface area contributed by atoms with Gasteiger partial charge in [-0.1, -0.05) is 49.7 Å². The van der Waals surface area contributed by atoms with E-state index < -0.39 is 0 Å². The summed E-state index contributed by atoms with van der Waals surface area (Å²) in [4.78, 5) is 11.8. The van der Waals surface area contributed by atoms with Gasteiger partial charge in [0.1, 0.15) is 24.2 Å². The first-order valence-corrected chi connectivity index (χ1v) is 12.8. The van der Waals surface area contributed by atoms with Crippen molar-refractivity contribution in [3.8, 4) is 17.6 Å². The van der Waals surface area contributed by atoms with E-state index in [1.807, 2.05) is 49.4 Å². The molecule has 0 aromatic heterocycles. The molecule has 0 aliphatic carbocycles. The molecular formula is C31H33NO5. The quantitative estimate of drug-likeness (QED) is 0.315. The third-order valence-electron chi connectivity index (χ3n) is 6.54. The molecule has 0 bridgehead atoms. The lowest BCUT2D eigenvalue weighted by atomic mass is 9.98. The number of benzene rings is 3. The highest BCUT2D eigenvalue weighted by Gasteiger charge is 2.23. The van der Waals surface area contributed by atoms with Crippen LogP contribution in [-0.2, 0) is 22.5 Å². The summed E-state index contributed by atoms with van der Waals surface area (Å²) in [5.41, 5.74) is 4.38. The number of nitriles is 1. The average Bonchev–Trinajstić information content (AvgIpc) is 2.93. The van der Waals surface area contributed by atoms with Gasteiger partial charge in [-0.05, 0) is 73.6 Å². The minimum atomic E-state index is -0.362. The van der Waals surface area contributed by atoms with Gasteiger partial charge in [-0.3, -0.25) is 4.79 Å². The Hall–Kier alpha value is -3.66. The number of ketones is 1. The molecule has 37 heavy (non-hydrogen) atoms. The van der Waals surface area contributed by atoms with Crippen LogP contribution in [0.4, 0.5) is 0 Å². The molecular weight excluding hydrogens is 466 g/mol. The summed E-state index contributed by atoms with van der Waals surface area (Å²) in [5, 5.41) is 20.0. The molecule has 3 aromatic carbocycles. The number of aromatic hydroxyl groups is 1. The number of nitrogens with zero attached hydrogens (tertiary/aromatic N) is 1. The summed E-state index contributed by atoms with van der Waals surface area (Å²) >= 11 is 0. The van der Waals surface area contributed by atoms with Gasteiger partial charge in [0.2, 0.25) is 0 Å². The molecule has 0 radical (unpaired) electrons. The van der Waals surface area contributed by atoms with Crippen LogP contribution in [0.1, 0.15) is 83.8 Å². The van der Waals surface area contributed by atoms with Crippen molar-refractivity contribution < 1.29 is 24.1 Å². The van der Waals surface area contributed by atoms with Crippen LogP contribution in [0, 0.1) is 11.3 Å². The monoisotopic (exact) mass is 499 g/mol. The maximum atomic E-state index is 11.8. The van der Waals surface area contributed by atoms with Gasteiger partial charge in [-0.25, -0.2) is 0 Å². The number of Topliss-reactive ketones (excluding diaryl/α,β-unsaturated/α-hetero) is 1. The van der Waals surface area contributed by atoms with Gasteiger partial charge in [0.25, 0.3) is 0 Å².